The average Bonchev–Trinajstić information content (AvgIpc) is 2.96. The van der Waals surface area contributed by atoms with E-state index in [2.05, 4.69) is 6.92 Å². The average molecular weight is 183 g/mol. The molecule has 0 aromatic rings. The van der Waals surface area contributed by atoms with Gasteiger partial charge in [0.1, 0.15) is 0 Å². The molecule has 0 heterocycles. The highest BCUT2D eigenvalue weighted by molar-refractivity contribution is 4.91. The Hall–Kier alpha value is -0.0800. The molecule has 2 aliphatic carbocycles. The molecule has 76 valence electrons. The Morgan fingerprint density at radius 3 is 2.46 bits per heavy atom. The number of hydrogen-bond donors (Lipinski definition) is 1. The first-order valence-corrected chi connectivity index (χ1v) is 5.52. The zero-order valence-corrected chi connectivity index (χ0v) is 8.59. The Balaban J connectivity index is 1.68. The topological polar surface area (TPSA) is 35.2 Å². The van der Waals surface area contributed by atoms with E-state index in [0.29, 0.717) is 0 Å². The van der Waals surface area contributed by atoms with E-state index in [1.807, 2.05) is 0 Å². The molecule has 0 radical (unpaired) electrons. The van der Waals surface area contributed by atoms with Crippen LogP contribution in [0.1, 0.15) is 32.6 Å². The zero-order valence-electron chi connectivity index (χ0n) is 8.59. The van der Waals surface area contributed by atoms with Crippen LogP contribution in [0.15, 0.2) is 0 Å². The van der Waals surface area contributed by atoms with Crippen molar-refractivity contribution in [3.05, 3.63) is 0 Å². The van der Waals surface area contributed by atoms with Crippen LogP contribution < -0.4 is 5.73 Å². The van der Waals surface area contributed by atoms with Crippen LogP contribution in [0.4, 0.5) is 0 Å². The van der Waals surface area contributed by atoms with Gasteiger partial charge < -0.3 is 10.5 Å². The molecule has 1 atom stereocenters. The minimum absolute atomic E-state index is 0.273. The molecular weight excluding hydrogens is 162 g/mol. The summed E-state index contributed by atoms with van der Waals surface area (Å²) < 4.78 is 5.73. The molecule has 2 saturated carbocycles. The van der Waals surface area contributed by atoms with Crippen LogP contribution in [0, 0.1) is 17.3 Å². The maximum atomic E-state index is 5.80. The van der Waals surface area contributed by atoms with Crippen molar-refractivity contribution in [3.63, 3.8) is 0 Å². The second-order valence-corrected chi connectivity index (χ2v) is 5.09. The molecule has 0 bridgehead atoms. The molecule has 2 heteroatoms. The van der Waals surface area contributed by atoms with Crippen LogP contribution in [0.5, 0.6) is 0 Å². The number of rotatable bonds is 6. The van der Waals surface area contributed by atoms with Crippen LogP contribution in [0.2, 0.25) is 0 Å². The smallest absolute Gasteiger partial charge is 0.0534 e. The molecule has 1 unspecified atom stereocenters. The molecule has 0 saturated heterocycles. The lowest BCUT2D eigenvalue weighted by molar-refractivity contribution is 0.0394. The van der Waals surface area contributed by atoms with Crippen LogP contribution >= 0.6 is 0 Å². The Bertz CT molecular complexity index is 175. The fourth-order valence-electron chi connectivity index (χ4n) is 1.87. The van der Waals surface area contributed by atoms with Gasteiger partial charge in [-0.05, 0) is 37.5 Å². The Morgan fingerprint density at radius 2 is 2.00 bits per heavy atom. The van der Waals surface area contributed by atoms with Crippen molar-refractivity contribution in [1.29, 1.82) is 0 Å². The molecule has 0 amide bonds. The quantitative estimate of drug-likeness (QED) is 0.681. The van der Waals surface area contributed by atoms with E-state index in [1.165, 1.54) is 25.7 Å². The van der Waals surface area contributed by atoms with Crippen molar-refractivity contribution in [3.8, 4) is 0 Å². The van der Waals surface area contributed by atoms with Crippen LogP contribution in [-0.4, -0.2) is 19.8 Å². The molecule has 2 N–H and O–H groups in total. The lowest BCUT2D eigenvalue weighted by Gasteiger charge is -2.27. The van der Waals surface area contributed by atoms with E-state index >= 15 is 0 Å². The highest BCUT2D eigenvalue weighted by Gasteiger charge is 2.40. The second kappa shape index (κ2) is 3.58. The molecule has 2 aliphatic rings. The molecule has 13 heavy (non-hydrogen) atoms. The van der Waals surface area contributed by atoms with Gasteiger partial charge in [0.2, 0.25) is 0 Å². The first kappa shape index (κ1) is 9.47. The van der Waals surface area contributed by atoms with Crippen LogP contribution in [0.25, 0.3) is 0 Å². The summed E-state index contributed by atoms with van der Waals surface area (Å²) in [5, 5.41) is 0. The molecule has 2 fully saturated rings. The lowest BCUT2D eigenvalue weighted by Crippen LogP contribution is -2.34. The summed E-state index contributed by atoms with van der Waals surface area (Å²) in [5.74, 6) is 1.72. The number of nitrogens with two attached hydrogens (primary N) is 1. The van der Waals surface area contributed by atoms with Crippen LogP contribution in [0.3, 0.4) is 0 Å². The van der Waals surface area contributed by atoms with Gasteiger partial charge in [0.15, 0.2) is 0 Å². The predicted octanol–water partition coefficient (Wildman–Crippen LogP) is 1.79. The molecule has 2 nitrogen and oxygen atoms in total. The van der Waals surface area contributed by atoms with Gasteiger partial charge in [-0.2, -0.15) is 0 Å². The summed E-state index contributed by atoms with van der Waals surface area (Å²) >= 11 is 0. The summed E-state index contributed by atoms with van der Waals surface area (Å²) in [4.78, 5) is 0. The van der Waals surface area contributed by atoms with Crippen molar-refractivity contribution >= 4 is 0 Å². The first-order chi connectivity index (χ1) is 6.24. The van der Waals surface area contributed by atoms with Gasteiger partial charge in [-0.1, -0.05) is 6.92 Å². The first-order valence-electron chi connectivity index (χ1n) is 5.52. The van der Waals surface area contributed by atoms with E-state index in [4.69, 9.17) is 10.5 Å². The third-order valence-corrected chi connectivity index (χ3v) is 3.51. The van der Waals surface area contributed by atoms with Gasteiger partial charge in [-0.25, -0.2) is 0 Å². The van der Waals surface area contributed by atoms with Crippen molar-refractivity contribution < 1.29 is 4.74 Å². The largest absolute Gasteiger partial charge is 0.381 e. The maximum absolute atomic E-state index is 5.80. The summed E-state index contributed by atoms with van der Waals surface area (Å²) in [7, 11) is 0. The fourth-order valence-corrected chi connectivity index (χ4v) is 1.87. The van der Waals surface area contributed by atoms with E-state index < -0.39 is 0 Å². The monoisotopic (exact) mass is 183 g/mol. The van der Waals surface area contributed by atoms with Gasteiger partial charge in [0, 0.05) is 18.6 Å². The Labute approximate surface area is 80.8 Å². The molecule has 2 rings (SSSR count). The Morgan fingerprint density at radius 1 is 1.31 bits per heavy atom. The summed E-state index contributed by atoms with van der Waals surface area (Å²) in [5.41, 5.74) is 6.07. The standard InChI is InChI=1S/C11H21NO/c1-11(7-12,10-4-5-10)8-13-6-9-2-3-9/h9-10H,2-8,12H2,1H3. The van der Waals surface area contributed by atoms with E-state index in [-0.39, 0.29) is 5.41 Å². The third-order valence-electron chi connectivity index (χ3n) is 3.51. The second-order valence-electron chi connectivity index (χ2n) is 5.09. The highest BCUT2D eigenvalue weighted by Crippen LogP contribution is 2.45. The predicted molar refractivity (Wildman–Crippen MR) is 53.4 cm³/mol. The van der Waals surface area contributed by atoms with E-state index in [0.717, 1.165) is 31.6 Å². The lowest BCUT2D eigenvalue weighted by atomic mass is 9.86. The van der Waals surface area contributed by atoms with Crippen molar-refractivity contribution in [2.24, 2.45) is 23.0 Å². The Kier molecular flexibility index (Phi) is 2.61. The van der Waals surface area contributed by atoms with Crippen LogP contribution in [-0.2, 0) is 4.74 Å². The van der Waals surface area contributed by atoms with Gasteiger partial charge in [0.25, 0.3) is 0 Å². The summed E-state index contributed by atoms with van der Waals surface area (Å²) in [6, 6.07) is 0. The molecular formula is C11H21NO. The van der Waals surface area contributed by atoms with E-state index in [9.17, 15) is 0 Å². The highest BCUT2D eigenvalue weighted by atomic mass is 16.5. The van der Waals surface area contributed by atoms with Gasteiger partial charge in [-0.3, -0.25) is 0 Å². The summed E-state index contributed by atoms with van der Waals surface area (Å²) in [6.45, 7) is 4.91. The van der Waals surface area contributed by atoms with E-state index in [1.54, 1.807) is 0 Å². The molecule has 0 spiro atoms. The number of ether oxygens (including phenoxy) is 1. The fraction of sp³-hybridized carbons (Fsp3) is 1.00. The molecule has 0 aromatic carbocycles. The normalized spacial score (nSPS) is 27.2. The molecule has 0 aromatic heterocycles. The minimum atomic E-state index is 0.273. The van der Waals surface area contributed by atoms with Gasteiger partial charge in [-0.15, -0.1) is 0 Å². The maximum Gasteiger partial charge on any atom is 0.0534 e. The minimum Gasteiger partial charge on any atom is -0.381 e. The van der Waals surface area contributed by atoms with Crippen molar-refractivity contribution in [2.75, 3.05) is 19.8 Å². The SMILES string of the molecule is CC(CN)(COCC1CC1)C1CC1. The van der Waals surface area contributed by atoms with Gasteiger partial charge in [0.05, 0.1) is 6.61 Å². The van der Waals surface area contributed by atoms with Crippen molar-refractivity contribution in [2.45, 2.75) is 32.6 Å². The number of hydrogen-bond acceptors (Lipinski definition) is 2. The van der Waals surface area contributed by atoms with Crippen molar-refractivity contribution in [1.82, 2.24) is 0 Å². The molecule has 0 aliphatic heterocycles. The summed E-state index contributed by atoms with van der Waals surface area (Å²) in [6.07, 6.45) is 5.48. The zero-order chi connectivity index (χ0) is 9.31. The third kappa shape index (κ3) is 2.44. The van der Waals surface area contributed by atoms with Gasteiger partial charge >= 0.3 is 0 Å².